The predicted molar refractivity (Wildman–Crippen MR) is 65.0 cm³/mol. The maximum absolute atomic E-state index is 10.9. The van der Waals surface area contributed by atoms with E-state index in [4.69, 9.17) is 16.2 Å². The van der Waals surface area contributed by atoms with Gasteiger partial charge in [0.2, 0.25) is 5.91 Å². The van der Waals surface area contributed by atoms with E-state index in [0.29, 0.717) is 5.75 Å². The predicted octanol–water partition coefficient (Wildman–Crippen LogP) is 0.566. The van der Waals surface area contributed by atoms with Crippen LogP contribution in [0, 0.1) is 10.1 Å². The number of carbonyl (C=O) groups excluding carboxylic acids is 1. The number of hydrogen-bond acceptors (Lipinski definition) is 5. The van der Waals surface area contributed by atoms with E-state index in [0.717, 1.165) is 0 Å². The van der Waals surface area contributed by atoms with Gasteiger partial charge in [0.15, 0.2) is 0 Å². The zero-order valence-corrected chi connectivity index (χ0v) is 9.96. The Balaban J connectivity index is 2.50. The standard InChI is InChI=1S/C11H15N3O4/c1-11(13,10(12)15)6-7-18-9-4-2-8(3-5-9)14(16)17/h2-5H,6-7,13H2,1H3,(H2,12,15). The second kappa shape index (κ2) is 5.46. The summed E-state index contributed by atoms with van der Waals surface area (Å²) in [5.41, 5.74) is 9.62. The molecule has 0 radical (unpaired) electrons. The molecule has 18 heavy (non-hydrogen) atoms. The first-order valence-corrected chi connectivity index (χ1v) is 5.29. The third kappa shape index (κ3) is 3.70. The third-order valence-corrected chi connectivity index (χ3v) is 2.50. The van der Waals surface area contributed by atoms with Crippen LogP contribution in [0.1, 0.15) is 13.3 Å². The molecule has 0 aliphatic heterocycles. The van der Waals surface area contributed by atoms with Crippen molar-refractivity contribution in [3.63, 3.8) is 0 Å². The molecule has 0 aliphatic rings. The van der Waals surface area contributed by atoms with Crippen LogP contribution in [0.15, 0.2) is 24.3 Å². The molecule has 1 aromatic carbocycles. The lowest BCUT2D eigenvalue weighted by molar-refractivity contribution is -0.384. The highest BCUT2D eigenvalue weighted by Gasteiger charge is 2.25. The van der Waals surface area contributed by atoms with Gasteiger partial charge in [-0.1, -0.05) is 0 Å². The smallest absolute Gasteiger partial charge is 0.269 e. The van der Waals surface area contributed by atoms with Crippen LogP contribution in [0.4, 0.5) is 5.69 Å². The van der Waals surface area contributed by atoms with Gasteiger partial charge in [0, 0.05) is 18.6 Å². The van der Waals surface area contributed by atoms with Crippen LogP contribution in [0.2, 0.25) is 0 Å². The summed E-state index contributed by atoms with van der Waals surface area (Å²) in [4.78, 5) is 20.9. The summed E-state index contributed by atoms with van der Waals surface area (Å²) in [6, 6.07) is 5.64. The number of carbonyl (C=O) groups is 1. The number of amides is 1. The van der Waals surface area contributed by atoms with Gasteiger partial charge in [-0.25, -0.2) is 0 Å². The molecule has 98 valence electrons. The van der Waals surface area contributed by atoms with Crippen molar-refractivity contribution >= 4 is 11.6 Å². The molecule has 0 aliphatic carbocycles. The second-order valence-corrected chi connectivity index (χ2v) is 4.13. The summed E-state index contributed by atoms with van der Waals surface area (Å²) in [7, 11) is 0. The van der Waals surface area contributed by atoms with Crippen LogP contribution in [0.5, 0.6) is 5.75 Å². The van der Waals surface area contributed by atoms with E-state index in [1.165, 1.54) is 31.2 Å². The van der Waals surface area contributed by atoms with Crippen LogP contribution in [-0.4, -0.2) is 23.0 Å². The fourth-order valence-corrected chi connectivity index (χ4v) is 1.17. The maximum Gasteiger partial charge on any atom is 0.269 e. The van der Waals surface area contributed by atoms with Crippen molar-refractivity contribution in [3.05, 3.63) is 34.4 Å². The second-order valence-electron chi connectivity index (χ2n) is 4.13. The van der Waals surface area contributed by atoms with Gasteiger partial charge in [-0.3, -0.25) is 14.9 Å². The molecule has 0 heterocycles. The Morgan fingerprint density at radius 2 is 2.00 bits per heavy atom. The van der Waals surface area contributed by atoms with Crippen molar-refractivity contribution in [3.8, 4) is 5.75 Å². The highest BCUT2D eigenvalue weighted by molar-refractivity contribution is 5.83. The summed E-state index contributed by atoms with van der Waals surface area (Å²) >= 11 is 0. The minimum absolute atomic E-state index is 0.0110. The van der Waals surface area contributed by atoms with E-state index in [-0.39, 0.29) is 18.7 Å². The van der Waals surface area contributed by atoms with Crippen molar-refractivity contribution in [1.29, 1.82) is 0 Å². The van der Waals surface area contributed by atoms with E-state index in [9.17, 15) is 14.9 Å². The number of nitrogens with two attached hydrogens (primary N) is 2. The molecular weight excluding hydrogens is 238 g/mol. The molecule has 0 saturated carbocycles. The van der Waals surface area contributed by atoms with E-state index < -0.39 is 16.4 Å². The number of nitro benzene ring substituents is 1. The fourth-order valence-electron chi connectivity index (χ4n) is 1.17. The number of hydrogen-bond donors (Lipinski definition) is 2. The normalized spacial score (nSPS) is 13.7. The molecule has 0 spiro atoms. The van der Waals surface area contributed by atoms with Gasteiger partial charge in [0.25, 0.3) is 5.69 Å². The summed E-state index contributed by atoms with van der Waals surface area (Å²) < 4.78 is 5.32. The Labute approximate surface area is 104 Å². The molecule has 0 fully saturated rings. The Morgan fingerprint density at radius 3 is 2.44 bits per heavy atom. The molecule has 7 heteroatoms. The first kappa shape index (κ1) is 13.9. The molecule has 1 atom stereocenters. The topological polar surface area (TPSA) is 121 Å². The highest BCUT2D eigenvalue weighted by atomic mass is 16.6. The van der Waals surface area contributed by atoms with Gasteiger partial charge in [-0.15, -0.1) is 0 Å². The zero-order valence-electron chi connectivity index (χ0n) is 9.96. The first-order valence-electron chi connectivity index (χ1n) is 5.29. The first-order chi connectivity index (χ1) is 8.33. The van der Waals surface area contributed by atoms with Gasteiger partial charge < -0.3 is 16.2 Å². The fraction of sp³-hybridized carbons (Fsp3) is 0.364. The molecule has 1 rings (SSSR count). The van der Waals surface area contributed by atoms with E-state index in [1.54, 1.807) is 0 Å². The average Bonchev–Trinajstić information content (AvgIpc) is 2.29. The summed E-state index contributed by atoms with van der Waals surface area (Å²) in [5.74, 6) is -0.129. The Bertz CT molecular complexity index is 442. The maximum atomic E-state index is 10.9. The molecule has 1 unspecified atom stereocenters. The summed E-state index contributed by atoms with van der Waals surface area (Å²) in [6.07, 6.45) is 0.263. The quantitative estimate of drug-likeness (QED) is 0.566. The number of benzene rings is 1. The number of primary amides is 1. The van der Waals surface area contributed by atoms with Crippen LogP contribution >= 0.6 is 0 Å². The van der Waals surface area contributed by atoms with Gasteiger partial charge in [0.05, 0.1) is 17.1 Å². The number of nitrogens with zero attached hydrogens (tertiary/aromatic N) is 1. The van der Waals surface area contributed by atoms with Crippen LogP contribution < -0.4 is 16.2 Å². The Morgan fingerprint density at radius 1 is 1.44 bits per heavy atom. The van der Waals surface area contributed by atoms with Crippen molar-refractivity contribution in [2.75, 3.05) is 6.61 Å². The molecule has 0 bridgehead atoms. The molecule has 0 aromatic heterocycles. The molecule has 0 saturated heterocycles. The average molecular weight is 253 g/mol. The highest BCUT2D eigenvalue weighted by Crippen LogP contribution is 2.18. The largest absolute Gasteiger partial charge is 0.494 e. The van der Waals surface area contributed by atoms with Gasteiger partial charge in [0.1, 0.15) is 5.75 Å². The number of nitro groups is 1. The van der Waals surface area contributed by atoms with E-state index in [2.05, 4.69) is 0 Å². The molecule has 4 N–H and O–H groups in total. The van der Waals surface area contributed by atoms with Crippen LogP contribution in [-0.2, 0) is 4.79 Å². The third-order valence-electron chi connectivity index (χ3n) is 2.50. The lowest BCUT2D eigenvalue weighted by Gasteiger charge is -2.20. The lowest BCUT2D eigenvalue weighted by Crippen LogP contribution is -2.50. The van der Waals surface area contributed by atoms with Crippen LogP contribution in [0.25, 0.3) is 0 Å². The van der Waals surface area contributed by atoms with E-state index in [1.807, 2.05) is 0 Å². The Kier molecular flexibility index (Phi) is 4.22. The zero-order chi connectivity index (χ0) is 13.8. The number of ether oxygens (including phenoxy) is 1. The van der Waals surface area contributed by atoms with Crippen molar-refractivity contribution in [2.45, 2.75) is 18.9 Å². The monoisotopic (exact) mass is 253 g/mol. The Hall–Kier alpha value is -2.15. The van der Waals surface area contributed by atoms with Gasteiger partial charge in [-0.2, -0.15) is 0 Å². The molecule has 1 aromatic rings. The summed E-state index contributed by atoms with van der Waals surface area (Å²) in [5, 5.41) is 10.4. The van der Waals surface area contributed by atoms with Crippen molar-refractivity contribution < 1.29 is 14.5 Å². The lowest BCUT2D eigenvalue weighted by atomic mass is 9.99. The number of rotatable bonds is 6. The number of non-ortho nitro benzene ring substituents is 1. The van der Waals surface area contributed by atoms with E-state index >= 15 is 0 Å². The SMILES string of the molecule is CC(N)(CCOc1ccc([N+](=O)[O-])cc1)C(N)=O. The summed E-state index contributed by atoms with van der Waals surface area (Å²) in [6.45, 7) is 1.72. The molecule has 1 amide bonds. The van der Waals surface area contributed by atoms with Crippen molar-refractivity contribution in [1.82, 2.24) is 0 Å². The van der Waals surface area contributed by atoms with Crippen LogP contribution in [0.3, 0.4) is 0 Å². The molecule has 7 nitrogen and oxygen atoms in total. The van der Waals surface area contributed by atoms with Gasteiger partial charge in [-0.05, 0) is 19.1 Å². The minimum Gasteiger partial charge on any atom is -0.494 e. The van der Waals surface area contributed by atoms with Crippen molar-refractivity contribution in [2.24, 2.45) is 11.5 Å². The molecular formula is C11H15N3O4. The van der Waals surface area contributed by atoms with Gasteiger partial charge >= 0.3 is 0 Å². The minimum atomic E-state index is -1.12.